The van der Waals surface area contributed by atoms with Crippen molar-refractivity contribution in [3.8, 4) is 0 Å². The second-order valence-electron chi connectivity index (χ2n) is 4.47. The first kappa shape index (κ1) is 11.9. The van der Waals surface area contributed by atoms with Crippen LogP contribution in [0, 0.1) is 11.8 Å². The molecule has 2 nitrogen and oxygen atoms in total. The fourth-order valence-corrected chi connectivity index (χ4v) is 2.11. The molecular formula is C15H19NO. The standard InChI is InChI=1S/C15H19NO/c1-4-12-10-14(12)11(2)17-15(16-3)13-8-6-5-7-9-13/h5-9,12,14H,2,4,10H2,1,3H3/t12-,14+/m1/s1. The second-order valence-corrected chi connectivity index (χ2v) is 4.47. The molecule has 0 aliphatic heterocycles. The third kappa shape index (κ3) is 2.76. The molecular weight excluding hydrogens is 210 g/mol. The summed E-state index contributed by atoms with van der Waals surface area (Å²) in [5, 5.41) is 0. The average Bonchev–Trinajstić information content (AvgIpc) is 3.16. The van der Waals surface area contributed by atoms with Crippen LogP contribution in [-0.2, 0) is 4.74 Å². The summed E-state index contributed by atoms with van der Waals surface area (Å²) in [6.07, 6.45) is 2.41. The maximum absolute atomic E-state index is 5.80. The van der Waals surface area contributed by atoms with Gasteiger partial charge < -0.3 is 4.74 Å². The lowest BCUT2D eigenvalue weighted by atomic mass is 10.2. The van der Waals surface area contributed by atoms with E-state index < -0.39 is 0 Å². The molecule has 0 bridgehead atoms. The van der Waals surface area contributed by atoms with Gasteiger partial charge in [-0.1, -0.05) is 38.1 Å². The molecule has 1 aromatic rings. The maximum Gasteiger partial charge on any atom is 0.221 e. The topological polar surface area (TPSA) is 21.6 Å². The van der Waals surface area contributed by atoms with Crippen LogP contribution >= 0.6 is 0 Å². The Hall–Kier alpha value is -1.57. The normalized spacial score (nSPS) is 23.3. The molecule has 0 unspecified atom stereocenters. The van der Waals surface area contributed by atoms with Crippen molar-refractivity contribution in [1.82, 2.24) is 0 Å². The van der Waals surface area contributed by atoms with E-state index in [1.807, 2.05) is 30.3 Å². The molecule has 2 rings (SSSR count). The van der Waals surface area contributed by atoms with Gasteiger partial charge in [-0.3, -0.25) is 4.99 Å². The molecule has 1 fully saturated rings. The Balaban J connectivity index is 2.00. The van der Waals surface area contributed by atoms with Crippen LogP contribution < -0.4 is 0 Å². The van der Waals surface area contributed by atoms with Crippen LogP contribution in [0.1, 0.15) is 25.3 Å². The molecule has 2 atom stereocenters. The summed E-state index contributed by atoms with van der Waals surface area (Å²) in [4.78, 5) is 4.19. The van der Waals surface area contributed by atoms with Gasteiger partial charge in [-0.2, -0.15) is 0 Å². The van der Waals surface area contributed by atoms with Crippen molar-refractivity contribution in [2.24, 2.45) is 16.8 Å². The van der Waals surface area contributed by atoms with Gasteiger partial charge in [0.15, 0.2) is 0 Å². The lowest BCUT2D eigenvalue weighted by Crippen LogP contribution is -2.07. The van der Waals surface area contributed by atoms with E-state index >= 15 is 0 Å². The zero-order chi connectivity index (χ0) is 12.3. The van der Waals surface area contributed by atoms with Crippen LogP contribution in [0.25, 0.3) is 0 Å². The third-order valence-electron chi connectivity index (χ3n) is 3.31. The summed E-state index contributed by atoms with van der Waals surface area (Å²) >= 11 is 0. The van der Waals surface area contributed by atoms with E-state index in [0.29, 0.717) is 11.8 Å². The molecule has 0 saturated heterocycles. The van der Waals surface area contributed by atoms with Gasteiger partial charge in [0.2, 0.25) is 5.90 Å². The van der Waals surface area contributed by atoms with Gasteiger partial charge in [-0.15, -0.1) is 0 Å². The number of hydrogen-bond donors (Lipinski definition) is 0. The number of benzene rings is 1. The second kappa shape index (κ2) is 5.17. The number of allylic oxidation sites excluding steroid dienone is 1. The molecule has 0 N–H and O–H groups in total. The largest absolute Gasteiger partial charge is 0.443 e. The Bertz CT molecular complexity index is 422. The van der Waals surface area contributed by atoms with Gasteiger partial charge in [0.05, 0.1) is 0 Å². The molecule has 1 aromatic carbocycles. The Morgan fingerprint density at radius 1 is 1.41 bits per heavy atom. The highest BCUT2D eigenvalue weighted by molar-refractivity contribution is 5.94. The van der Waals surface area contributed by atoms with Crippen LogP contribution in [-0.4, -0.2) is 12.9 Å². The first-order valence-electron chi connectivity index (χ1n) is 6.15. The summed E-state index contributed by atoms with van der Waals surface area (Å²) in [5.74, 6) is 2.82. The fourth-order valence-electron chi connectivity index (χ4n) is 2.11. The molecule has 1 aliphatic carbocycles. The van der Waals surface area contributed by atoms with Crippen molar-refractivity contribution in [1.29, 1.82) is 0 Å². The number of ether oxygens (including phenoxy) is 1. The van der Waals surface area contributed by atoms with E-state index in [0.717, 1.165) is 17.2 Å². The quantitative estimate of drug-likeness (QED) is 0.439. The summed E-state index contributed by atoms with van der Waals surface area (Å²) < 4.78 is 5.80. The summed E-state index contributed by atoms with van der Waals surface area (Å²) in [6.45, 7) is 6.24. The van der Waals surface area contributed by atoms with E-state index in [9.17, 15) is 0 Å². The minimum atomic E-state index is 0.528. The highest BCUT2D eigenvalue weighted by Crippen LogP contribution is 2.46. The minimum absolute atomic E-state index is 0.528. The summed E-state index contributed by atoms with van der Waals surface area (Å²) in [5.41, 5.74) is 1.00. The van der Waals surface area contributed by atoms with E-state index in [-0.39, 0.29) is 0 Å². The van der Waals surface area contributed by atoms with E-state index in [1.165, 1.54) is 12.8 Å². The molecule has 0 radical (unpaired) electrons. The SMILES string of the molecule is C=C(OC(=NC)c1ccccc1)[C@@H]1C[C@H]1CC. The van der Waals surface area contributed by atoms with Crippen molar-refractivity contribution in [2.45, 2.75) is 19.8 Å². The van der Waals surface area contributed by atoms with Crippen LogP contribution in [0.2, 0.25) is 0 Å². The average molecular weight is 229 g/mol. The zero-order valence-corrected chi connectivity index (χ0v) is 10.5. The van der Waals surface area contributed by atoms with Crippen molar-refractivity contribution >= 4 is 5.90 Å². The Kier molecular flexibility index (Phi) is 3.62. The van der Waals surface area contributed by atoms with E-state index in [1.54, 1.807) is 7.05 Å². The molecule has 17 heavy (non-hydrogen) atoms. The number of nitrogens with zero attached hydrogens (tertiary/aromatic N) is 1. The molecule has 2 heteroatoms. The van der Waals surface area contributed by atoms with E-state index in [4.69, 9.17) is 4.74 Å². The van der Waals surface area contributed by atoms with Crippen LogP contribution in [0.3, 0.4) is 0 Å². The molecule has 0 heterocycles. The van der Waals surface area contributed by atoms with Gasteiger partial charge in [0.1, 0.15) is 5.76 Å². The van der Waals surface area contributed by atoms with Gasteiger partial charge in [0, 0.05) is 18.5 Å². The van der Waals surface area contributed by atoms with Gasteiger partial charge >= 0.3 is 0 Å². The lowest BCUT2D eigenvalue weighted by molar-refractivity contribution is 0.379. The summed E-state index contributed by atoms with van der Waals surface area (Å²) in [7, 11) is 1.75. The Morgan fingerprint density at radius 2 is 2.12 bits per heavy atom. The highest BCUT2D eigenvalue weighted by Gasteiger charge is 2.39. The molecule has 0 spiro atoms. The predicted octanol–water partition coefficient (Wildman–Crippen LogP) is 3.64. The van der Waals surface area contributed by atoms with Gasteiger partial charge in [0.25, 0.3) is 0 Å². The van der Waals surface area contributed by atoms with Crippen molar-refractivity contribution in [3.63, 3.8) is 0 Å². The zero-order valence-electron chi connectivity index (χ0n) is 10.5. The maximum atomic E-state index is 5.80. The van der Waals surface area contributed by atoms with Crippen molar-refractivity contribution < 1.29 is 4.74 Å². The number of rotatable bonds is 4. The smallest absolute Gasteiger partial charge is 0.221 e. The monoisotopic (exact) mass is 229 g/mol. The van der Waals surface area contributed by atoms with Crippen LogP contribution in [0.5, 0.6) is 0 Å². The Morgan fingerprint density at radius 3 is 2.65 bits per heavy atom. The molecule has 1 aliphatic rings. The molecule has 90 valence electrons. The lowest BCUT2D eigenvalue weighted by Gasteiger charge is -2.10. The predicted molar refractivity (Wildman–Crippen MR) is 71.0 cm³/mol. The molecule has 0 amide bonds. The Labute approximate surface area is 103 Å². The highest BCUT2D eigenvalue weighted by atomic mass is 16.5. The molecule has 1 saturated carbocycles. The summed E-state index contributed by atoms with van der Waals surface area (Å²) in [6, 6.07) is 9.95. The number of aliphatic imine (C=N–C) groups is 1. The first-order valence-corrected chi connectivity index (χ1v) is 6.15. The molecule has 0 aromatic heterocycles. The van der Waals surface area contributed by atoms with Gasteiger partial charge in [-0.25, -0.2) is 0 Å². The van der Waals surface area contributed by atoms with Crippen LogP contribution in [0.15, 0.2) is 47.7 Å². The minimum Gasteiger partial charge on any atom is -0.443 e. The van der Waals surface area contributed by atoms with Crippen molar-refractivity contribution in [3.05, 3.63) is 48.2 Å². The number of hydrogen-bond acceptors (Lipinski definition) is 2. The van der Waals surface area contributed by atoms with Gasteiger partial charge in [-0.05, 0) is 24.5 Å². The van der Waals surface area contributed by atoms with E-state index in [2.05, 4.69) is 18.5 Å². The third-order valence-corrected chi connectivity index (χ3v) is 3.31. The van der Waals surface area contributed by atoms with Crippen LogP contribution in [0.4, 0.5) is 0 Å². The first-order chi connectivity index (χ1) is 8.26. The van der Waals surface area contributed by atoms with Crippen molar-refractivity contribution in [2.75, 3.05) is 7.05 Å². The fraction of sp³-hybridized carbons (Fsp3) is 0.400.